The largest absolute Gasteiger partial charge is 0.504 e. The highest BCUT2D eigenvalue weighted by atomic mass is 16.5. The Morgan fingerprint density at radius 3 is 2.36 bits per heavy atom. The van der Waals surface area contributed by atoms with Gasteiger partial charge in [-0.3, -0.25) is 0 Å². The lowest BCUT2D eigenvalue weighted by Gasteiger charge is -1.98. The second-order valence-corrected chi connectivity index (χ2v) is 2.54. The number of aromatic hydroxyl groups is 2. The van der Waals surface area contributed by atoms with Crippen LogP contribution in [0, 0.1) is 0 Å². The van der Waals surface area contributed by atoms with Crippen LogP contribution < -0.4 is 11.3 Å². The normalized spacial score (nSPS) is 10.6. The maximum Gasteiger partial charge on any atom is 0.423 e. The maximum absolute atomic E-state index is 10.7. The van der Waals surface area contributed by atoms with Gasteiger partial charge in [0, 0.05) is 0 Å². The quantitative estimate of drug-likeness (QED) is 0.459. The molecule has 2 aromatic rings. The van der Waals surface area contributed by atoms with Crippen molar-refractivity contribution in [2.24, 2.45) is 0 Å². The van der Waals surface area contributed by atoms with Crippen LogP contribution in [-0.4, -0.2) is 10.2 Å². The van der Waals surface area contributed by atoms with Crippen molar-refractivity contribution in [3.05, 3.63) is 33.0 Å². The Labute approximate surface area is 75.6 Å². The second kappa shape index (κ2) is 2.63. The molecule has 6 heteroatoms. The van der Waals surface area contributed by atoms with Crippen molar-refractivity contribution >= 4 is 11.2 Å². The van der Waals surface area contributed by atoms with Crippen LogP contribution in [0.5, 0.6) is 11.5 Å². The zero-order valence-corrected chi connectivity index (χ0v) is 6.68. The fourth-order valence-electron chi connectivity index (χ4n) is 0.997. The topological polar surface area (TPSA) is 101 Å². The molecule has 14 heavy (non-hydrogen) atoms. The van der Waals surface area contributed by atoms with Crippen LogP contribution in [0.25, 0.3) is 11.2 Å². The van der Waals surface area contributed by atoms with Crippen molar-refractivity contribution in [2.75, 3.05) is 0 Å². The molecule has 1 aromatic carbocycles. The summed E-state index contributed by atoms with van der Waals surface area (Å²) in [6.45, 7) is 0. The minimum absolute atomic E-state index is 0.107. The van der Waals surface area contributed by atoms with Gasteiger partial charge in [-0.15, -0.1) is 0 Å². The van der Waals surface area contributed by atoms with Crippen LogP contribution in [0.2, 0.25) is 0 Å². The molecule has 0 radical (unpaired) electrons. The molecule has 0 aliphatic rings. The first-order chi connectivity index (χ1) is 6.59. The number of benzene rings is 1. The maximum atomic E-state index is 10.7. The molecule has 0 saturated heterocycles. The fraction of sp³-hybridized carbons (Fsp3) is 0. The van der Waals surface area contributed by atoms with Gasteiger partial charge in [0.2, 0.25) is 11.3 Å². The van der Waals surface area contributed by atoms with Crippen LogP contribution in [0.15, 0.2) is 30.6 Å². The third-order valence-electron chi connectivity index (χ3n) is 1.64. The van der Waals surface area contributed by atoms with E-state index >= 15 is 0 Å². The van der Waals surface area contributed by atoms with Crippen LogP contribution in [0.4, 0.5) is 0 Å². The van der Waals surface area contributed by atoms with Crippen molar-refractivity contribution in [2.45, 2.75) is 0 Å². The van der Waals surface area contributed by atoms with Crippen LogP contribution in [0.3, 0.4) is 0 Å². The highest BCUT2D eigenvalue weighted by molar-refractivity contribution is 5.79. The van der Waals surface area contributed by atoms with Crippen molar-refractivity contribution in [3.8, 4) is 11.5 Å². The number of phenolic OH excluding ortho intramolecular Hbond substituents is 2. The van der Waals surface area contributed by atoms with E-state index in [-0.39, 0.29) is 11.2 Å². The fourth-order valence-corrected chi connectivity index (χ4v) is 0.997. The van der Waals surface area contributed by atoms with Gasteiger partial charge >= 0.3 is 11.3 Å². The number of hydrogen-bond acceptors (Lipinski definition) is 6. The van der Waals surface area contributed by atoms with Gasteiger partial charge in [-0.25, -0.2) is 9.59 Å². The number of rotatable bonds is 0. The van der Waals surface area contributed by atoms with E-state index in [1.54, 1.807) is 0 Å². The molecule has 0 atom stereocenters. The lowest BCUT2D eigenvalue weighted by molar-refractivity contribution is 0.385. The van der Waals surface area contributed by atoms with Gasteiger partial charge in [0.25, 0.3) is 0 Å². The summed E-state index contributed by atoms with van der Waals surface area (Å²) in [5.74, 6) is -1.10. The first-order valence-corrected chi connectivity index (χ1v) is 3.58. The monoisotopic (exact) mass is 196 g/mol. The van der Waals surface area contributed by atoms with Gasteiger partial charge in [-0.05, 0) is 12.1 Å². The number of fused-ring (bicyclic) bond motifs is 1. The molecule has 0 saturated carbocycles. The van der Waals surface area contributed by atoms with Crippen molar-refractivity contribution in [1.29, 1.82) is 0 Å². The van der Waals surface area contributed by atoms with Crippen LogP contribution in [0.1, 0.15) is 0 Å². The SMILES string of the molecule is O=c1oc2ccc(O)c(O)c2oc1=O. The molecule has 0 fully saturated rings. The Kier molecular flexibility index (Phi) is 1.57. The molecule has 0 spiro atoms. The van der Waals surface area contributed by atoms with E-state index in [0.29, 0.717) is 0 Å². The third-order valence-corrected chi connectivity index (χ3v) is 1.64. The van der Waals surface area contributed by atoms with Crippen LogP contribution in [-0.2, 0) is 0 Å². The molecular weight excluding hydrogens is 192 g/mol. The first-order valence-electron chi connectivity index (χ1n) is 3.58. The summed E-state index contributed by atoms with van der Waals surface area (Å²) >= 11 is 0. The molecule has 2 rings (SSSR count). The van der Waals surface area contributed by atoms with E-state index in [9.17, 15) is 14.7 Å². The summed E-state index contributed by atoms with van der Waals surface area (Å²) in [6, 6.07) is 2.31. The zero-order chi connectivity index (χ0) is 10.3. The van der Waals surface area contributed by atoms with Crippen molar-refractivity contribution in [3.63, 3.8) is 0 Å². The highest BCUT2D eigenvalue weighted by Gasteiger charge is 2.11. The Morgan fingerprint density at radius 2 is 1.64 bits per heavy atom. The first kappa shape index (κ1) is 8.36. The lowest BCUT2D eigenvalue weighted by Crippen LogP contribution is -2.20. The summed E-state index contributed by atoms with van der Waals surface area (Å²) in [6.07, 6.45) is 0. The Morgan fingerprint density at radius 1 is 1.00 bits per heavy atom. The molecule has 2 N–H and O–H groups in total. The predicted molar refractivity (Wildman–Crippen MR) is 44.3 cm³/mol. The molecular formula is C8H4O6. The molecule has 1 heterocycles. The molecule has 0 aliphatic carbocycles. The molecule has 0 unspecified atom stereocenters. The average molecular weight is 196 g/mol. The van der Waals surface area contributed by atoms with E-state index in [2.05, 4.69) is 8.83 Å². The minimum Gasteiger partial charge on any atom is -0.504 e. The smallest absolute Gasteiger partial charge is 0.423 e. The van der Waals surface area contributed by atoms with Gasteiger partial charge in [0.1, 0.15) is 0 Å². The van der Waals surface area contributed by atoms with E-state index in [4.69, 9.17) is 5.11 Å². The standard InChI is InChI=1S/C8H4O6/c9-3-1-2-4-6(5(3)10)14-8(12)7(11)13-4/h1-2,9-10H. The second-order valence-electron chi connectivity index (χ2n) is 2.54. The Hall–Kier alpha value is -2.24. The molecule has 1 aromatic heterocycles. The summed E-state index contributed by atoms with van der Waals surface area (Å²) in [7, 11) is 0. The molecule has 72 valence electrons. The molecule has 0 amide bonds. The molecule has 0 bridgehead atoms. The van der Waals surface area contributed by atoms with Gasteiger partial charge in [0.05, 0.1) is 0 Å². The Balaban J connectivity index is 3.04. The minimum atomic E-state index is -1.24. The number of hydrogen-bond donors (Lipinski definition) is 2. The predicted octanol–water partition coefficient (Wildman–Crippen LogP) is 0.157. The van der Waals surface area contributed by atoms with Gasteiger partial charge in [0.15, 0.2) is 11.3 Å². The van der Waals surface area contributed by atoms with E-state index in [1.807, 2.05) is 0 Å². The summed E-state index contributed by atoms with van der Waals surface area (Å²) in [4.78, 5) is 21.4. The zero-order valence-electron chi connectivity index (χ0n) is 6.68. The number of phenols is 2. The van der Waals surface area contributed by atoms with E-state index < -0.39 is 22.8 Å². The highest BCUT2D eigenvalue weighted by Crippen LogP contribution is 2.31. The third kappa shape index (κ3) is 1.05. The lowest BCUT2D eigenvalue weighted by atomic mass is 10.3. The van der Waals surface area contributed by atoms with E-state index in [1.165, 1.54) is 6.07 Å². The summed E-state index contributed by atoms with van der Waals surface area (Å²) in [5, 5.41) is 18.3. The summed E-state index contributed by atoms with van der Waals surface area (Å²) in [5.41, 5.74) is -2.86. The van der Waals surface area contributed by atoms with Crippen LogP contribution >= 0.6 is 0 Å². The van der Waals surface area contributed by atoms with Crippen molar-refractivity contribution in [1.82, 2.24) is 0 Å². The van der Waals surface area contributed by atoms with E-state index in [0.717, 1.165) is 6.07 Å². The van der Waals surface area contributed by atoms with Gasteiger partial charge in [-0.2, -0.15) is 0 Å². The molecule has 6 nitrogen and oxygen atoms in total. The van der Waals surface area contributed by atoms with Crippen molar-refractivity contribution < 1.29 is 19.0 Å². The Bertz CT molecular complexity index is 605. The van der Waals surface area contributed by atoms with Gasteiger partial charge < -0.3 is 19.0 Å². The molecule has 0 aliphatic heterocycles. The summed E-state index contributed by atoms with van der Waals surface area (Å²) < 4.78 is 8.93. The van der Waals surface area contributed by atoms with Gasteiger partial charge in [-0.1, -0.05) is 0 Å². The average Bonchev–Trinajstić information content (AvgIpc) is 2.15.